The number of halogens is 2. The fraction of sp³-hybridized carbons (Fsp3) is 0.227. The second-order valence-corrected chi connectivity index (χ2v) is 8.80. The number of amides is 1. The Hall–Kier alpha value is -2.58. The van der Waals surface area contributed by atoms with Crippen molar-refractivity contribution in [1.82, 2.24) is 4.90 Å². The quantitative estimate of drug-likeness (QED) is 0.310. The summed E-state index contributed by atoms with van der Waals surface area (Å²) < 4.78 is 6.50. The Bertz CT molecular complexity index is 1020. The number of carboxylic acids is 1. The van der Waals surface area contributed by atoms with Crippen molar-refractivity contribution in [3.8, 4) is 11.8 Å². The first-order valence-corrected chi connectivity index (χ1v) is 11.3. The fourth-order valence-electron chi connectivity index (χ4n) is 3.22. The van der Waals surface area contributed by atoms with Crippen LogP contribution in [0.1, 0.15) is 5.56 Å². The average Bonchev–Trinajstić information content (AvgIpc) is 2.77. The Morgan fingerprint density at radius 1 is 1.19 bits per heavy atom. The van der Waals surface area contributed by atoms with E-state index in [-0.39, 0.29) is 11.5 Å². The SMILES string of the molecule is N#C/C(=C/c1cc(Br)c(OCC(=O)O)c(I)c1)C(=O)N1CCN(c2ccccc2)CC1. The molecule has 2 aromatic rings. The maximum Gasteiger partial charge on any atom is 0.341 e. The zero-order valence-electron chi connectivity index (χ0n) is 16.4. The van der Waals surface area contributed by atoms with E-state index in [0.717, 1.165) is 5.69 Å². The number of aliphatic carboxylic acids is 1. The van der Waals surface area contributed by atoms with E-state index in [1.165, 1.54) is 0 Å². The Kier molecular flexibility index (Phi) is 7.92. The number of hydrogen-bond donors (Lipinski definition) is 1. The van der Waals surface area contributed by atoms with Crippen LogP contribution in [0.5, 0.6) is 5.75 Å². The van der Waals surface area contributed by atoms with Crippen molar-refractivity contribution in [2.75, 3.05) is 37.7 Å². The van der Waals surface area contributed by atoms with E-state index in [0.29, 0.717) is 45.5 Å². The summed E-state index contributed by atoms with van der Waals surface area (Å²) in [5, 5.41) is 18.4. The first-order valence-electron chi connectivity index (χ1n) is 9.43. The van der Waals surface area contributed by atoms with Crippen LogP contribution in [-0.4, -0.2) is 54.7 Å². The number of anilines is 1. The molecule has 0 saturated carbocycles. The fourth-order valence-corrected chi connectivity index (χ4v) is 4.99. The Labute approximate surface area is 202 Å². The van der Waals surface area contributed by atoms with Gasteiger partial charge in [-0.2, -0.15) is 5.26 Å². The molecule has 1 aliphatic heterocycles. The van der Waals surface area contributed by atoms with Crippen LogP contribution in [0.15, 0.2) is 52.5 Å². The third kappa shape index (κ3) is 5.98. The van der Waals surface area contributed by atoms with Gasteiger partial charge in [-0.25, -0.2) is 4.79 Å². The van der Waals surface area contributed by atoms with E-state index in [9.17, 15) is 14.9 Å². The smallest absolute Gasteiger partial charge is 0.341 e. The first kappa shape index (κ1) is 23.1. The molecular formula is C22H19BrIN3O4. The van der Waals surface area contributed by atoms with Gasteiger partial charge >= 0.3 is 5.97 Å². The van der Waals surface area contributed by atoms with Crippen LogP contribution in [0.3, 0.4) is 0 Å². The molecule has 0 bridgehead atoms. The van der Waals surface area contributed by atoms with Gasteiger partial charge in [0.15, 0.2) is 6.61 Å². The molecular weight excluding hydrogens is 577 g/mol. The summed E-state index contributed by atoms with van der Waals surface area (Å²) >= 11 is 5.39. The number of para-hydroxylation sites is 1. The predicted molar refractivity (Wildman–Crippen MR) is 129 cm³/mol. The third-order valence-corrected chi connectivity index (χ3v) is 6.10. The van der Waals surface area contributed by atoms with Gasteiger partial charge in [0.25, 0.3) is 5.91 Å². The lowest BCUT2D eigenvalue weighted by molar-refractivity contribution is -0.139. The number of carbonyl (C=O) groups is 2. The van der Waals surface area contributed by atoms with Crippen LogP contribution in [-0.2, 0) is 9.59 Å². The highest BCUT2D eigenvalue weighted by atomic mass is 127. The topological polar surface area (TPSA) is 93.9 Å². The van der Waals surface area contributed by atoms with Crippen LogP contribution in [0, 0.1) is 14.9 Å². The number of ether oxygens (including phenoxy) is 1. The van der Waals surface area contributed by atoms with Gasteiger partial charge in [-0.3, -0.25) is 4.79 Å². The van der Waals surface area contributed by atoms with Crippen molar-refractivity contribution < 1.29 is 19.4 Å². The molecule has 1 fully saturated rings. The highest BCUT2D eigenvalue weighted by Gasteiger charge is 2.24. The van der Waals surface area contributed by atoms with Gasteiger partial charge in [0.1, 0.15) is 17.4 Å². The van der Waals surface area contributed by atoms with E-state index in [1.807, 2.05) is 59.0 Å². The summed E-state index contributed by atoms with van der Waals surface area (Å²) in [7, 11) is 0. The monoisotopic (exact) mass is 595 g/mol. The molecule has 3 rings (SSSR count). The molecule has 160 valence electrons. The molecule has 0 atom stereocenters. The molecule has 1 heterocycles. The molecule has 0 unspecified atom stereocenters. The van der Waals surface area contributed by atoms with E-state index in [2.05, 4.69) is 20.8 Å². The number of nitriles is 1. The molecule has 0 aliphatic carbocycles. The summed E-state index contributed by atoms with van der Waals surface area (Å²) in [4.78, 5) is 27.6. The molecule has 9 heteroatoms. The second-order valence-electron chi connectivity index (χ2n) is 6.78. The van der Waals surface area contributed by atoms with E-state index in [1.54, 1.807) is 23.1 Å². The molecule has 1 aliphatic rings. The minimum atomic E-state index is -1.07. The predicted octanol–water partition coefficient (Wildman–Crippen LogP) is 3.77. The van der Waals surface area contributed by atoms with E-state index in [4.69, 9.17) is 9.84 Å². The number of carboxylic acid groups (broad SMARTS) is 1. The van der Waals surface area contributed by atoms with Gasteiger partial charge < -0.3 is 19.6 Å². The maximum absolute atomic E-state index is 12.9. The standard InChI is InChI=1S/C22H19BrIN3O4/c23-18-11-15(12-19(24)21(18)31-14-20(28)29)10-16(13-25)22(30)27-8-6-26(7-9-27)17-4-2-1-3-5-17/h1-5,10-12H,6-9,14H2,(H,28,29)/b16-10-. The lowest BCUT2D eigenvalue weighted by Gasteiger charge is -2.36. The maximum atomic E-state index is 12.9. The lowest BCUT2D eigenvalue weighted by Crippen LogP contribution is -2.49. The third-order valence-electron chi connectivity index (χ3n) is 4.71. The van der Waals surface area contributed by atoms with Crippen LogP contribution < -0.4 is 9.64 Å². The number of hydrogen-bond acceptors (Lipinski definition) is 5. The van der Waals surface area contributed by atoms with Crippen LogP contribution in [0.2, 0.25) is 0 Å². The molecule has 2 aromatic carbocycles. The van der Waals surface area contributed by atoms with Gasteiger partial charge in [-0.15, -0.1) is 0 Å². The first-order chi connectivity index (χ1) is 14.9. The van der Waals surface area contributed by atoms with E-state index < -0.39 is 12.6 Å². The Balaban J connectivity index is 1.71. The van der Waals surface area contributed by atoms with Gasteiger partial charge in [-0.1, -0.05) is 18.2 Å². The number of carbonyl (C=O) groups excluding carboxylic acids is 1. The van der Waals surface area contributed by atoms with Gasteiger partial charge in [0.2, 0.25) is 0 Å². The summed E-state index contributed by atoms with van der Waals surface area (Å²) in [6.45, 7) is 2.02. The zero-order valence-corrected chi connectivity index (χ0v) is 20.2. The van der Waals surface area contributed by atoms with Crippen molar-refractivity contribution in [2.45, 2.75) is 0 Å². The van der Waals surface area contributed by atoms with Crippen molar-refractivity contribution in [1.29, 1.82) is 5.26 Å². The molecule has 0 spiro atoms. The van der Waals surface area contributed by atoms with Crippen molar-refractivity contribution >= 4 is 62.2 Å². The van der Waals surface area contributed by atoms with Gasteiger partial charge in [0, 0.05) is 31.9 Å². The number of benzene rings is 2. The van der Waals surface area contributed by atoms with Crippen LogP contribution in [0.25, 0.3) is 6.08 Å². The lowest BCUT2D eigenvalue weighted by atomic mass is 10.1. The number of rotatable bonds is 6. The molecule has 0 radical (unpaired) electrons. The van der Waals surface area contributed by atoms with Crippen LogP contribution in [0.4, 0.5) is 5.69 Å². The molecule has 0 aromatic heterocycles. The normalized spacial score (nSPS) is 14.2. The van der Waals surface area contributed by atoms with E-state index >= 15 is 0 Å². The highest BCUT2D eigenvalue weighted by molar-refractivity contribution is 14.1. The summed E-state index contributed by atoms with van der Waals surface area (Å²) in [6.07, 6.45) is 1.54. The summed E-state index contributed by atoms with van der Waals surface area (Å²) in [5.74, 6) is -0.967. The molecule has 1 amide bonds. The van der Waals surface area contributed by atoms with Crippen molar-refractivity contribution in [3.63, 3.8) is 0 Å². The number of nitrogens with zero attached hydrogens (tertiary/aromatic N) is 3. The zero-order chi connectivity index (χ0) is 22.4. The van der Waals surface area contributed by atoms with Gasteiger partial charge in [-0.05, 0) is 74.4 Å². The molecule has 1 N–H and O–H groups in total. The average molecular weight is 596 g/mol. The number of piperazine rings is 1. The Morgan fingerprint density at radius 2 is 1.87 bits per heavy atom. The molecule has 7 nitrogen and oxygen atoms in total. The highest BCUT2D eigenvalue weighted by Crippen LogP contribution is 2.33. The Morgan fingerprint density at radius 3 is 2.45 bits per heavy atom. The van der Waals surface area contributed by atoms with Crippen molar-refractivity contribution in [3.05, 3.63) is 61.6 Å². The summed E-state index contributed by atoms with van der Waals surface area (Å²) in [5.41, 5.74) is 1.82. The largest absolute Gasteiger partial charge is 0.480 e. The minimum absolute atomic E-state index is 0.0510. The van der Waals surface area contributed by atoms with Crippen molar-refractivity contribution in [2.24, 2.45) is 0 Å². The van der Waals surface area contributed by atoms with Gasteiger partial charge in [0.05, 0.1) is 8.04 Å². The minimum Gasteiger partial charge on any atom is -0.480 e. The molecule has 31 heavy (non-hydrogen) atoms. The summed E-state index contributed by atoms with van der Waals surface area (Å²) in [6, 6.07) is 15.5. The van der Waals surface area contributed by atoms with Crippen LogP contribution >= 0.6 is 38.5 Å². The second kappa shape index (κ2) is 10.6. The molecule has 1 saturated heterocycles.